The number of likely N-dealkylation sites (N-methyl/N-ethyl adjacent to an activating group) is 1. The van der Waals surface area contributed by atoms with E-state index in [0.717, 1.165) is 28.0 Å². The Morgan fingerprint density at radius 1 is 1.23 bits per heavy atom. The third-order valence-electron chi connectivity index (χ3n) is 7.01. The zero-order valence-corrected chi connectivity index (χ0v) is 22.5. The number of aryl methyl sites for hydroxylation is 1. The second-order valence-corrected chi connectivity index (χ2v) is 10.4. The smallest absolute Gasteiger partial charge is 0.332 e. The molecule has 1 unspecified atom stereocenters. The fourth-order valence-corrected chi connectivity index (χ4v) is 6.17. The number of thiophene rings is 1. The Bertz CT molecular complexity index is 1600. The fourth-order valence-electron chi connectivity index (χ4n) is 4.95. The number of halogens is 1. The Morgan fingerprint density at radius 2 is 1.97 bits per heavy atom. The van der Waals surface area contributed by atoms with Gasteiger partial charge in [0.25, 0.3) is 5.56 Å². The number of benzene rings is 1. The van der Waals surface area contributed by atoms with Crippen molar-refractivity contribution >= 4 is 21.6 Å². The normalized spacial score (nSPS) is 18.8. The largest absolute Gasteiger partial charge is 0.508 e. The van der Waals surface area contributed by atoms with Crippen molar-refractivity contribution in [3.8, 4) is 10.8 Å². The first-order chi connectivity index (χ1) is 18.7. The van der Waals surface area contributed by atoms with E-state index in [1.54, 1.807) is 18.9 Å². The lowest BCUT2D eigenvalue weighted by Crippen LogP contribution is -2.46. The van der Waals surface area contributed by atoms with Crippen LogP contribution in [0.5, 0.6) is 5.75 Å². The van der Waals surface area contributed by atoms with Crippen molar-refractivity contribution in [2.75, 3.05) is 33.9 Å². The molecular formula is C25H29FN6O6S. The molecule has 1 fully saturated rings. The van der Waals surface area contributed by atoms with Gasteiger partial charge in [0.1, 0.15) is 33.7 Å². The zero-order valence-electron chi connectivity index (χ0n) is 21.7. The van der Waals surface area contributed by atoms with Gasteiger partial charge in [0.2, 0.25) is 0 Å². The number of phenolic OH excluding ortho intramolecular Hbond substituents is 1. The minimum atomic E-state index is -1.03. The van der Waals surface area contributed by atoms with Crippen molar-refractivity contribution in [1.82, 2.24) is 29.0 Å². The molecule has 3 atom stereocenters. The quantitative estimate of drug-likeness (QED) is 0.292. The maximum atomic E-state index is 14.2. The summed E-state index contributed by atoms with van der Waals surface area (Å²) in [5.74, 6) is -0.783. The molecule has 1 aliphatic rings. The predicted molar refractivity (Wildman–Crippen MR) is 141 cm³/mol. The average molecular weight is 561 g/mol. The Balaban J connectivity index is 1.74. The summed E-state index contributed by atoms with van der Waals surface area (Å²) < 4.78 is 27.8. The number of fused-ring (bicyclic) bond motifs is 1. The van der Waals surface area contributed by atoms with Gasteiger partial charge in [0.05, 0.1) is 43.6 Å². The van der Waals surface area contributed by atoms with Gasteiger partial charge in [0.15, 0.2) is 0 Å². The van der Waals surface area contributed by atoms with Crippen LogP contribution in [0.15, 0.2) is 40.2 Å². The van der Waals surface area contributed by atoms with Crippen LogP contribution in [-0.2, 0) is 16.0 Å². The van der Waals surface area contributed by atoms with E-state index in [9.17, 15) is 24.2 Å². The number of aliphatic hydroxyl groups excluding tert-OH is 1. The summed E-state index contributed by atoms with van der Waals surface area (Å²) in [5.41, 5.74) is -0.454. The van der Waals surface area contributed by atoms with Gasteiger partial charge in [-0.25, -0.2) is 9.18 Å². The van der Waals surface area contributed by atoms with Gasteiger partial charge in [-0.15, -0.1) is 4.80 Å². The fraction of sp³-hybridized carbons (Fsp3) is 0.440. The molecule has 2 N–H and O–H groups in total. The average Bonchev–Trinajstić information content (AvgIpc) is 3.63. The van der Waals surface area contributed by atoms with Crippen molar-refractivity contribution < 1.29 is 24.1 Å². The lowest BCUT2D eigenvalue weighted by Gasteiger charge is -2.24. The molecule has 1 aliphatic heterocycles. The number of hydrogen-bond donors (Lipinski definition) is 2. The van der Waals surface area contributed by atoms with Crippen LogP contribution in [0.25, 0.3) is 15.2 Å². The number of nitrogens with zero attached hydrogens (tertiary/aromatic N) is 6. The lowest BCUT2D eigenvalue weighted by atomic mass is 10.1. The van der Waals surface area contributed by atoms with Crippen LogP contribution in [0.1, 0.15) is 29.7 Å². The molecule has 4 aromatic rings. The molecule has 12 nitrogen and oxygen atoms in total. The summed E-state index contributed by atoms with van der Waals surface area (Å²) in [6, 6.07) is 2.73. The molecular weight excluding hydrogens is 531 g/mol. The van der Waals surface area contributed by atoms with Crippen molar-refractivity contribution in [2.45, 2.75) is 38.3 Å². The summed E-state index contributed by atoms with van der Waals surface area (Å²) >= 11 is 1.16. The van der Waals surface area contributed by atoms with Crippen LogP contribution in [0.2, 0.25) is 0 Å². The Kier molecular flexibility index (Phi) is 7.64. The number of methoxy groups -OCH3 is 1. The highest BCUT2D eigenvalue weighted by Gasteiger charge is 2.35. The first-order valence-corrected chi connectivity index (χ1v) is 13.2. The maximum absolute atomic E-state index is 14.2. The summed E-state index contributed by atoms with van der Waals surface area (Å²) in [5, 5.41) is 30.6. The SMILES string of the molecule is COCCO[C@@H](Cn1c(=O)n([C@H]2CCN(C)C2O)c(=O)c2c(C)c(-n3nccn3)sc21)c1cc(F)ccc1O. The third-order valence-corrected chi connectivity index (χ3v) is 8.30. The summed E-state index contributed by atoms with van der Waals surface area (Å²) in [7, 11) is 3.22. The maximum Gasteiger partial charge on any atom is 0.332 e. The minimum Gasteiger partial charge on any atom is -0.508 e. The number of aromatic nitrogens is 5. The van der Waals surface area contributed by atoms with E-state index in [4.69, 9.17) is 9.47 Å². The molecule has 0 amide bonds. The number of ether oxygens (including phenoxy) is 2. The molecule has 1 saturated heterocycles. The van der Waals surface area contributed by atoms with Gasteiger partial charge >= 0.3 is 5.69 Å². The number of hydrogen-bond acceptors (Lipinski definition) is 10. The Hall–Kier alpha value is -3.43. The molecule has 4 heterocycles. The van der Waals surface area contributed by atoms with Crippen molar-refractivity contribution in [2.24, 2.45) is 0 Å². The second-order valence-electron chi connectivity index (χ2n) is 9.40. The van der Waals surface area contributed by atoms with E-state index in [-0.39, 0.29) is 36.5 Å². The highest BCUT2D eigenvalue weighted by Crippen LogP contribution is 2.34. The lowest BCUT2D eigenvalue weighted by molar-refractivity contribution is 0.00554. The molecule has 0 bridgehead atoms. The molecule has 14 heteroatoms. The number of phenols is 1. The molecule has 3 aromatic heterocycles. The Labute approximate surface area is 226 Å². The van der Waals surface area contributed by atoms with Crippen LogP contribution in [0, 0.1) is 12.7 Å². The van der Waals surface area contributed by atoms with E-state index < -0.39 is 35.4 Å². The number of aromatic hydroxyl groups is 1. The third kappa shape index (κ3) is 4.89. The van der Waals surface area contributed by atoms with E-state index in [1.165, 1.54) is 34.9 Å². The topological polar surface area (TPSA) is 137 Å². The molecule has 0 radical (unpaired) electrons. The van der Waals surface area contributed by atoms with Crippen molar-refractivity contribution in [3.05, 3.63) is 68.4 Å². The van der Waals surface area contributed by atoms with E-state index in [0.29, 0.717) is 28.4 Å². The van der Waals surface area contributed by atoms with Crippen LogP contribution >= 0.6 is 11.3 Å². The monoisotopic (exact) mass is 560 g/mol. The highest BCUT2D eigenvalue weighted by atomic mass is 32.1. The van der Waals surface area contributed by atoms with Crippen LogP contribution < -0.4 is 11.2 Å². The molecule has 5 rings (SSSR count). The summed E-state index contributed by atoms with van der Waals surface area (Å²) in [6.45, 7) is 2.43. The van der Waals surface area contributed by atoms with Crippen LogP contribution in [0.3, 0.4) is 0 Å². The molecule has 1 aromatic carbocycles. The van der Waals surface area contributed by atoms with Crippen molar-refractivity contribution in [1.29, 1.82) is 0 Å². The molecule has 0 spiro atoms. The first-order valence-electron chi connectivity index (χ1n) is 12.3. The zero-order chi connectivity index (χ0) is 27.8. The standard InChI is InChI=1S/C25H29FN6O6S/c1-14-20-22(35)31(17-6-9-29(2)21(17)34)25(36)30(24(20)39-23(14)32-27-7-8-28-32)13-19(38-11-10-37-3)16-12-15(26)4-5-18(16)33/h4-5,7-8,12,17,19,21,33-34H,6,9-11,13H2,1-3H3/t17-,19-,21?/m0/s1. The van der Waals surface area contributed by atoms with Crippen molar-refractivity contribution in [3.63, 3.8) is 0 Å². The molecule has 0 saturated carbocycles. The number of rotatable bonds is 9. The number of likely N-dealkylation sites (tertiary alicyclic amines) is 1. The summed E-state index contributed by atoms with van der Waals surface area (Å²) in [6.07, 6.45) is 1.41. The molecule has 208 valence electrons. The van der Waals surface area contributed by atoms with Gasteiger partial charge in [0, 0.05) is 24.8 Å². The minimum absolute atomic E-state index is 0.104. The van der Waals surface area contributed by atoms with E-state index >= 15 is 0 Å². The van der Waals surface area contributed by atoms with Crippen LogP contribution in [-0.4, -0.2) is 79.4 Å². The first kappa shape index (κ1) is 27.1. The van der Waals surface area contributed by atoms with E-state index in [2.05, 4.69) is 10.2 Å². The molecule has 0 aliphatic carbocycles. The van der Waals surface area contributed by atoms with Gasteiger partial charge < -0.3 is 19.7 Å². The second kappa shape index (κ2) is 11.0. The van der Waals surface area contributed by atoms with Gasteiger partial charge in [-0.2, -0.15) is 10.2 Å². The predicted octanol–water partition coefficient (Wildman–Crippen LogP) is 1.56. The summed E-state index contributed by atoms with van der Waals surface area (Å²) in [4.78, 5) is 31.3. The molecule has 39 heavy (non-hydrogen) atoms. The van der Waals surface area contributed by atoms with Crippen LogP contribution in [0.4, 0.5) is 4.39 Å². The van der Waals surface area contributed by atoms with Gasteiger partial charge in [-0.05, 0) is 38.6 Å². The van der Waals surface area contributed by atoms with Gasteiger partial charge in [-0.1, -0.05) is 11.3 Å². The Morgan fingerprint density at radius 3 is 2.64 bits per heavy atom. The van der Waals surface area contributed by atoms with Gasteiger partial charge in [-0.3, -0.25) is 18.8 Å². The highest BCUT2D eigenvalue weighted by molar-refractivity contribution is 7.21. The number of aliphatic hydroxyl groups is 1. The van der Waals surface area contributed by atoms with E-state index in [1.807, 2.05) is 0 Å².